The summed E-state index contributed by atoms with van der Waals surface area (Å²) < 4.78 is 15.1. The van der Waals surface area contributed by atoms with Crippen LogP contribution in [0.1, 0.15) is 92.4 Å². The lowest BCUT2D eigenvalue weighted by Crippen LogP contribution is -2.32. The van der Waals surface area contributed by atoms with Gasteiger partial charge in [0.15, 0.2) is 0 Å². The Balaban J connectivity index is 4.02. The van der Waals surface area contributed by atoms with Crippen molar-refractivity contribution in [1.82, 2.24) is 5.32 Å². The number of esters is 2. The molecule has 1 unspecified atom stereocenters. The first-order chi connectivity index (χ1) is 14.6. The zero-order valence-electron chi connectivity index (χ0n) is 19.9. The molecule has 31 heavy (non-hydrogen) atoms. The summed E-state index contributed by atoms with van der Waals surface area (Å²) in [5.41, 5.74) is -0.498. The monoisotopic (exact) mass is 443 g/mol. The van der Waals surface area contributed by atoms with Crippen molar-refractivity contribution in [2.45, 2.75) is 98.0 Å². The van der Waals surface area contributed by atoms with Crippen LogP contribution in [0.5, 0.6) is 0 Å². The molecular weight excluding hydrogens is 402 g/mol. The van der Waals surface area contributed by atoms with Crippen LogP contribution in [0, 0.1) is 5.92 Å². The van der Waals surface area contributed by atoms with Gasteiger partial charge >= 0.3 is 18.0 Å². The molecule has 0 spiro atoms. The highest BCUT2D eigenvalue weighted by molar-refractivity contribution is 5.84. The highest BCUT2D eigenvalue weighted by Gasteiger charge is 2.24. The van der Waals surface area contributed by atoms with Crippen molar-refractivity contribution in [1.29, 1.82) is 0 Å². The van der Waals surface area contributed by atoms with Crippen LogP contribution in [0.2, 0.25) is 0 Å². The second-order valence-electron chi connectivity index (χ2n) is 8.48. The molecule has 0 aliphatic carbocycles. The zero-order valence-corrected chi connectivity index (χ0v) is 19.9. The summed E-state index contributed by atoms with van der Waals surface area (Å²) in [5, 5.41) is 2.73. The molecule has 180 valence electrons. The van der Waals surface area contributed by atoms with Gasteiger partial charge in [-0.15, -0.1) is 0 Å². The van der Waals surface area contributed by atoms with Crippen LogP contribution in [-0.2, 0) is 28.6 Å². The number of rotatable bonds is 16. The van der Waals surface area contributed by atoms with Gasteiger partial charge in [-0.1, -0.05) is 19.3 Å². The topological polar surface area (TPSA) is 108 Å². The van der Waals surface area contributed by atoms with E-state index in [0.717, 1.165) is 32.1 Å². The molecule has 0 heterocycles. The third kappa shape index (κ3) is 17.3. The van der Waals surface area contributed by atoms with Crippen LogP contribution in [0.4, 0.5) is 4.79 Å². The highest BCUT2D eigenvalue weighted by atomic mass is 16.6. The van der Waals surface area contributed by atoms with Gasteiger partial charge in [0.1, 0.15) is 11.4 Å². The van der Waals surface area contributed by atoms with Crippen LogP contribution in [-0.4, -0.2) is 49.2 Å². The molecule has 0 saturated heterocycles. The van der Waals surface area contributed by atoms with Gasteiger partial charge in [0, 0.05) is 25.8 Å². The molecule has 1 atom stereocenters. The van der Waals surface area contributed by atoms with Gasteiger partial charge in [0.05, 0.1) is 19.1 Å². The Labute approximate surface area is 186 Å². The quantitative estimate of drug-likeness (QED) is 0.215. The van der Waals surface area contributed by atoms with Crippen molar-refractivity contribution in [3.8, 4) is 0 Å². The predicted molar refractivity (Wildman–Crippen MR) is 118 cm³/mol. The fourth-order valence-electron chi connectivity index (χ4n) is 2.95. The van der Waals surface area contributed by atoms with E-state index in [9.17, 15) is 19.2 Å². The van der Waals surface area contributed by atoms with Crippen LogP contribution < -0.4 is 5.32 Å². The van der Waals surface area contributed by atoms with Crippen molar-refractivity contribution >= 4 is 23.8 Å². The molecule has 0 saturated carbocycles. The van der Waals surface area contributed by atoms with Crippen LogP contribution in [0.3, 0.4) is 0 Å². The first-order valence-corrected chi connectivity index (χ1v) is 11.4. The molecule has 8 heteroatoms. The maximum atomic E-state index is 12.3. The number of carbonyl (C=O) groups excluding carboxylic acids is 4. The fourth-order valence-corrected chi connectivity index (χ4v) is 2.95. The van der Waals surface area contributed by atoms with E-state index < -0.39 is 23.6 Å². The SMILES string of the molecule is CCOC(=O)CCC(CC(=O)CCCCCCCNC(=O)OC(C)(C)C)C(=O)OCC. The number of nitrogens with one attached hydrogen (secondary N) is 1. The van der Waals surface area contributed by atoms with Crippen molar-refractivity contribution in [2.24, 2.45) is 5.92 Å². The number of ketones is 1. The fraction of sp³-hybridized carbons (Fsp3) is 0.826. The van der Waals surface area contributed by atoms with Gasteiger partial charge in [0.25, 0.3) is 0 Å². The molecule has 0 aromatic carbocycles. The summed E-state index contributed by atoms with van der Waals surface area (Å²) in [4.78, 5) is 47.4. The van der Waals surface area contributed by atoms with E-state index >= 15 is 0 Å². The highest BCUT2D eigenvalue weighted by Crippen LogP contribution is 2.17. The molecule has 0 aromatic heterocycles. The predicted octanol–water partition coefficient (Wildman–Crippen LogP) is 4.33. The van der Waals surface area contributed by atoms with E-state index in [0.29, 0.717) is 19.6 Å². The Morgan fingerprint density at radius 3 is 2.06 bits per heavy atom. The van der Waals surface area contributed by atoms with E-state index in [1.165, 1.54) is 0 Å². The minimum Gasteiger partial charge on any atom is -0.466 e. The summed E-state index contributed by atoms with van der Waals surface area (Å²) in [5.74, 6) is -1.40. The second-order valence-corrected chi connectivity index (χ2v) is 8.48. The number of hydrogen-bond donors (Lipinski definition) is 1. The van der Waals surface area contributed by atoms with E-state index in [2.05, 4.69) is 5.32 Å². The first-order valence-electron chi connectivity index (χ1n) is 11.4. The molecule has 0 bridgehead atoms. The summed E-state index contributed by atoms with van der Waals surface area (Å²) in [6.07, 6.45) is 4.89. The van der Waals surface area contributed by atoms with Crippen molar-refractivity contribution < 1.29 is 33.4 Å². The van der Waals surface area contributed by atoms with E-state index in [4.69, 9.17) is 14.2 Å². The number of alkyl carbamates (subject to hydrolysis) is 1. The lowest BCUT2D eigenvalue weighted by atomic mass is 9.94. The summed E-state index contributed by atoms with van der Waals surface area (Å²) in [7, 11) is 0. The number of unbranched alkanes of at least 4 members (excludes halogenated alkanes) is 4. The Morgan fingerprint density at radius 1 is 0.839 bits per heavy atom. The molecule has 0 rings (SSSR count). The third-order valence-electron chi connectivity index (χ3n) is 4.40. The Morgan fingerprint density at radius 2 is 1.45 bits per heavy atom. The van der Waals surface area contributed by atoms with Crippen LogP contribution in [0.25, 0.3) is 0 Å². The van der Waals surface area contributed by atoms with Gasteiger partial charge in [-0.05, 0) is 53.9 Å². The maximum absolute atomic E-state index is 12.3. The minimum atomic E-state index is -0.601. The lowest BCUT2D eigenvalue weighted by Gasteiger charge is -2.19. The Kier molecular flexibility index (Phi) is 15.4. The molecule has 8 nitrogen and oxygen atoms in total. The number of ether oxygens (including phenoxy) is 3. The molecule has 1 N–H and O–H groups in total. The normalized spacial score (nSPS) is 12.0. The van der Waals surface area contributed by atoms with Crippen LogP contribution >= 0.6 is 0 Å². The second kappa shape index (κ2) is 16.6. The van der Waals surface area contributed by atoms with Crippen LogP contribution in [0.15, 0.2) is 0 Å². The smallest absolute Gasteiger partial charge is 0.407 e. The molecule has 1 amide bonds. The molecule has 0 fully saturated rings. The summed E-state index contributed by atoms with van der Waals surface area (Å²) >= 11 is 0. The maximum Gasteiger partial charge on any atom is 0.407 e. The minimum absolute atomic E-state index is 0.00787. The van der Waals surface area contributed by atoms with Crippen molar-refractivity contribution in [2.75, 3.05) is 19.8 Å². The number of carbonyl (C=O) groups is 4. The standard InChI is InChI=1S/C23H41NO7/c1-6-29-20(26)15-14-18(21(27)30-7-2)17-19(25)13-11-9-8-10-12-16-24-22(28)31-23(3,4)5/h18H,6-17H2,1-5H3,(H,24,28). The summed E-state index contributed by atoms with van der Waals surface area (Å²) in [6.45, 7) is 10.0. The molecule has 0 aromatic rings. The van der Waals surface area contributed by atoms with E-state index in [1.54, 1.807) is 13.8 Å². The number of hydrogen-bond acceptors (Lipinski definition) is 7. The van der Waals surface area contributed by atoms with E-state index in [1.807, 2.05) is 20.8 Å². The Bertz CT molecular complexity index is 555. The first kappa shape index (κ1) is 28.9. The van der Waals surface area contributed by atoms with Crippen molar-refractivity contribution in [3.05, 3.63) is 0 Å². The van der Waals surface area contributed by atoms with Crippen molar-refractivity contribution in [3.63, 3.8) is 0 Å². The van der Waals surface area contributed by atoms with Gasteiger partial charge in [-0.2, -0.15) is 0 Å². The average Bonchev–Trinajstić information content (AvgIpc) is 2.66. The third-order valence-corrected chi connectivity index (χ3v) is 4.40. The van der Waals surface area contributed by atoms with Gasteiger partial charge in [-0.25, -0.2) is 4.79 Å². The Hall–Kier alpha value is -2.12. The largest absolute Gasteiger partial charge is 0.466 e. The molecular formula is C23H41NO7. The van der Waals surface area contributed by atoms with E-state index in [-0.39, 0.29) is 37.6 Å². The van der Waals surface area contributed by atoms with Gasteiger partial charge in [-0.3, -0.25) is 14.4 Å². The average molecular weight is 444 g/mol. The number of amides is 1. The molecule has 0 aliphatic rings. The molecule has 0 aliphatic heterocycles. The zero-order chi connectivity index (χ0) is 23.7. The number of Topliss-reactive ketones (excluding diaryl/α,β-unsaturated/α-hetero) is 1. The van der Waals surface area contributed by atoms with Gasteiger partial charge < -0.3 is 19.5 Å². The molecule has 0 radical (unpaired) electrons. The summed E-state index contributed by atoms with van der Waals surface area (Å²) in [6, 6.07) is 0. The van der Waals surface area contributed by atoms with Gasteiger partial charge in [0.2, 0.25) is 0 Å². The lowest BCUT2D eigenvalue weighted by molar-refractivity contribution is -0.151.